The van der Waals surface area contributed by atoms with Crippen LogP contribution in [0.4, 0.5) is 0 Å². The van der Waals surface area contributed by atoms with Crippen LogP contribution in [0.5, 0.6) is 0 Å². The molecular weight excluding hydrogens is 282 g/mol. The van der Waals surface area contributed by atoms with Crippen LogP contribution in [0.15, 0.2) is 54.7 Å². The molecule has 2 heterocycles. The third-order valence-electron chi connectivity index (χ3n) is 4.05. The number of fused-ring (bicyclic) bond motifs is 1. The molecule has 0 amide bonds. The smallest absolute Gasteiger partial charge is 0.0505 e. The number of nitrogens with zero attached hydrogens (tertiary/aromatic N) is 3. The molecule has 1 aromatic carbocycles. The molecule has 0 aliphatic carbocycles. The highest BCUT2D eigenvalue weighted by Gasteiger charge is 2.19. The molecule has 0 spiro atoms. The van der Waals surface area contributed by atoms with E-state index >= 15 is 0 Å². The Labute approximate surface area is 138 Å². The first kappa shape index (κ1) is 15.8. The lowest BCUT2D eigenvalue weighted by molar-refractivity contribution is 0.395. The Morgan fingerprint density at radius 3 is 2.09 bits per heavy atom. The second kappa shape index (κ2) is 6.57. The highest BCUT2D eigenvalue weighted by molar-refractivity contribution is 5.80. The van der Waals surface area contributed by atoms with E-state index < -0.39 is 0 Å². The summed E-state index contributed by atoms with van der Waals surface area (Å²) >= 11 is 0. The molecule has 0 aliphatic rings. The van der Waals surface area contributed by atoms with Crippen LogP contribution < -0.4 is 0 Å². The van der Waals surface area contributed by atoms with E-state index in [1.54, 1.807) is 0 Å². The Morgan fingerprint density at radius 1 is 0.783 bits per heavy atom. The van der Waals surface area contributed by atoms with E-state index in [1.165, 1.54) is 27.9 Å². The van der Waals surface area contributed by atoms with Gasteiger partial charge in [0.25, 0.3) is 0 Å². The molecule has 120 valence electrons. The third kappa shape index (κ3) is 3.16. The second-order valence-corrected chi connectivity index (χ2v) is 6.60. The van der Waals surface area contributed by atoms with Crippen molar-refractivity contribution in [2.75, 3.05) is 28.2 Å². The zero-order chi connectivity index (χ0) is 16.4. The van der Waals surface area contributed by atoms with Gasteiger partial charge in [0.15, 0.2) is 0 Å². The summed E-state index contributed by atoms with van der Waals surface area (Å²) in [4.78, 5) is 4.48. The minimum absolute atomic E-state index is 0.919. The first-order chi connectivity index (χ1) is 11.1. The summed E-state index contributed by atoms with van der Waals surface area (Å²) in [7, 11) is 8.52. The van der Waals surface area contributed by atoms with Gasteiger partial charge in [-0.3, -0.25) is 0 Å². The fourth-order valence-electron chi connectivity index (χ4n) is 3.22. The first-order valence-corrected chi connectivity index (χ1v) is 8.03. The van der Waals surface area contributed by atoms with Crippen LogP contribution in [0.25, 0.3) is 16.6 Å². The van der Waals surface area contributed by atoms with Gasteiger partial charge in [-0.15, -0.1) is 0 Å². The Hall–Kier alpha value is -2.10. The van der Waals surface area contributed by atoms with Crippen molar-refractivity contribution in [3.8, 4) is 11.1 Å². The average molecular weight is 307 g/mol. The predicted molar refractivity (Wildman–Crippen MR) is 97.6 cm³/mol. The summed E-state index contributed by atoms with van der Waals surface area (Å²) in [6.07, 6.45) is 2.18. The molecule has 0 atom stereocenters. The van der Waals surface area contributed by atoms with Crippen molar-refractivity contribution in [3.63, 3.8) is 0 Å². The van der Waals surface area contributed by atoms with Gasteiger partial charge >= 0.3 is 0 Å². The fourth-order valence-corrected chi connectivity index (χ4v) is 3.22. The van der Waals surface area contributed by atoms with Gasteiger partial charge in [0.05, 0.1) is 5.52 Å². The highest BCUT2D eigenvalue weighted by Crippen LogP contribution is 2.34. The molecule has 0 fully saturated rings. The van der Waals surface area contributed by atoms with Crippen molar-refractivity contribution in [2.45, 2.75) is 13.1 Å². The Kier molecular flexibility index (Phi) is 4.51. The van der Waals surface area contributed by atoms with Crippen LogP contribution in [0.2, 0.25) is 0 Å². The van der Waals surface area contributed by atoms with Gasteiger partial charge in [-0.2, -0.15) is 0 Å². The maximum atomic E-state index is 2.35. The van der Waals surface area contributed by atoms with Crippen molar-refractivity contribution >= 4 is 5.52 Å². The van der Waals surface area contributed by atoms with Gasteiger partial charge in [0.1, 0.15) is 0 Å². The first-order valence-electron chi connectivity index (χ1n) is 8.03. The van der Waals surface area contributed by atoms with Crippen LogP contribution in [0.1, 0.15) is 11.3 Å². The quantitative estimate of drug-likeness (QED) is 0.711. The van der Waals surface area contributed by atoms with Gasteiger partial charge in [-0.25, -0.2) is 0 Å². The molecule has 0 unspecified atom stereocenters. The predicted octanol–water partition coefficient (Wildman–Crippen LogP) is 3.73. The van der Waals surface area contributed by atoms with Gasteiger partial charge in [-0.05, 0) is 51.5 Å². The van der Waals surface area contributed by atoms with Crippen LogP contribution in [-0.4, -0.2) is 42.4 Å². The van der Waals surface area contributed by atoms with E-state index in [-0.39, 0.29) is 0 Å². The normalized spacial score (nSPS) is 11.7. The highest BCUT2D eigenvalue weighted by atomic mass is 15.1. The monoisotopic (exact) mass is 307 g/mol. The number of pyridine rings is 1. The summed E-state index contributed by atoms with van der Waals surface area (Å²) < 4.78 is 2.35. The Bertz CT molecular complexity index is 738. The Balaban J connectivity index is 2.32. The molecule has 3 heteroatoms. The summed E-state index contributed by atoms with van der Waals surface area (Å²) in [5, 5.41) is 0. The lowest BCUT2D eigenvalue weighted by Gasteiger charge is -2.14. The van der Waals surface area contributed by atoms with E-state index in [0.29, 0.717) is 0 Å². The number of rotatable bonds is 5. The standard InChI is InChI=1S/C20H25N3/c1-21(2)14-17-18-12-8-9-13-23(18)19(15-22(3)4)20(17)16-10-6-5-7-11-16/h5-13H,14-15H2,1-4H3. The molecule has 2 aromatic heterocycles. The minimum Gasteiger partial charge on any atom is -0.319 e. The van der Waals surface area contributed by atoms with E-state index in [4.69, 9.17) is 0 Å². The molecule has 0 saturated carbocycles. The summed E-state index contributed by atoms with van der Waals surface area (Å²) in [5.74, 6) is 0. The third-order valence-corrected chi connectivity index (χ3v) is 4.05. The van der Waals surface area contributed by atoms with Gasteiger partial charge < -0.3 is 14.2 Å². The summed E-state index contributed by atoms with van der Waals surface area (Å²) in [5.41, 5.74) is 6.73. The number of aromatic nitrogens is 1. The van der Waals surface area contributed by atoms with Crippen molar-refractivity contribution in [1.82, 2.24) is 14.2 Å². The molecule has 3 rings (SSSR count). The molecule has 0 radical (unpaired) electrons. The van der Waals surface area contributed by atoms with Crippen LogP contribution in [0, 0.1) is 0 Å². The van der Waals surface area contributed by atoms with Crippen LogP contribution in [-0.2, 0) is 13.1 Å². The van der Waals surface area contributed by atoms with Crippen molar-refractivity contribution in [2.24, 2.45) is 0 Å². The molecule has 0 N–H and O–H groups in total. The van der Waals surface area contributed by atoms with Gasteiger partial charge in [0, 0.05) is 30.5 Å². The molecule has 3 nitrogen and oxygen atoms in total. The zero-order valence-corrected chi connectivity index (χ0v) is 14.5. The van der Waals surface area contributed by atoms with Crippen LogP contribution in [0.3, 0.4) is 0 Å². The molecule has 3 aromatic rings. The molecule has 23 heavy (non-hydrogen) atoms. The van der Waals surface area contributed by atoms with Gasteiger partial charge in [-0.1, -0.05) is 36.4 Å². The molecule has 0 aliphatic heterocycles. The lowest BCUT2D eigenvalue weighted by atomic mass is 10.00. The molecule has 0 bridgehead atoms. The molecule has 0 saturated heterocycles. The summed E-state index contributed by atoms with van der Waals surface area (Å²) in [6, 6.07) is 17.2. The Morgan fingerprint density at radius 2 is 1.43 bits per heavy atom. The van der Waals surface area contributed by atoms with E-state index in [0.717, 1.165) is 13.1 Å². The lowest BCUT2D eigenvalue weighted by Crippen LogP contribution is -2.13. The minimum atomic E-state index is 0.919. The zero-order valence-electron chi connectivity index (χ0n) is 14.5. The fraction of sp³-hybridized carbons (Fsp3) is 0.300. The second-order valence-electron chi connectivity index (χ2n) is 6.60. The average Bonchev–Trinajstić information content (AvgIpc) is 2.81. The maximum absolute atomic E-state index is 2.35. The van der Waals surface area contributed by atoms with Crippen molar-refractivity contribution in [1.29, 1.82) is 0 Å². The number of hydrogen-bond donors (Lipinski definition) is 0. The largest absolute Gasteiger partial charge is 0.319 e. The van der Waals surface area contributed by atoms with Crippen molar-refractivity contribution < 1.29 is 0 Å². The summed E-state index contributed by atoms with van der Waals surface area (Å²) in [6.45, 7) is 1.86. The van der Waals surface area contributed by atoms with Crippen LogP contribution >= 0.6 is 0 Å². The maximum Gasteiger partial charge on any atom is 0.0505 e. The number of hydrogen-bond acceptors (Lipinski definition) is 2. The van der Waals surface area contributed by atoms with E-state index in [9.17, 15) is 0 Å². The van der Waals surface area contributed by atoms with E-state index in [1.807, 2.05) is 0 Å². The van der Waals surface area contributed by atoms with Gasteiger partial charge in [0.2, 0.25) is 0 Å². The topological polar surface area (TPSA) is 10.9 Å². The number of benzene rings is 1. The SMILES string of the molecule is CN(C)Cc1c(-c2ccccc2)c(CN(C)C)n2ccccc12. The van der Waals surface area contributed by atoms with Crippen molar-refractivity contribution in [3.05, 3.63) is 66.0 Å². The molecular formula is C20H25N3. The van der Waals surface area contributed by atoms with E-state index in [2.05, 4.69) is 97.1 Å².